The van der Waals surface area contributed by atoms with Crippen molar-refractivity contribution >= 4 is 16.5 Å². The van der Waals surface area contributed by atoms with Crippen molar-refractivity contribution in [3.63, 3.8) is 0 Å². The molecule has 20 heavy (non-hydrogen) atoms. The van der Waals surface area contributed by atoms with Crippen molar-refractivity contribution in [3.8, 4) is 5.88 Å². The van der Waals surface area contributed by atoms with Crippen LogP contribution in [0.3, 0.4) is 0 Å². The number of ether oxygens (including phenoxy) is 1. The normalized spacial score (nSPS) is 26.6. The van der Waals surface area contributed by atoms with Gasteiger partial charge in [0, 0.05) is 26.7 Å². The lowest BCUT2D eigenvalue weighted by Crippen LogP contribution is -2.40. The van der Waals surface area contributed by atoms with Crippen molar-refractivity contribution in [2.45, 2.75) is 45.7 Å². The summed E-state index contributed by atoms with van der Waals surface area (Å²) in [5.74, 6) is 2.33. The number of methoxy groups -OCH3 is 1. The third-order valence-corrected chi connectivity index (χ3v) is 5.66. The third kappa shape index (κ3) is 3.44. The maximum absolute atomic E-state index is 5.40. The molecular weight excluding hydrogens is 270 g/mol. The number of thiazole rings is 1. The van der Waals surface area contributed by atoms with Gasteiger partial charge in [0.2, 0.25) is 5.88 Å². The van der Waals surface area contributed by atoms with Crippen LogP contribution < -0.4 is 15.0 Å². The summed E-state index contributed by atoms with van der Waals surface area (Å²) in [6.45, 7) is 5.60. The lowest BCUT2D eigenvalue weighted by Gasteiger charge is -2.34. The average Bonchev–Trinajstić information content (AvgIpc) is 2.84. The Labute approximate surface area is 126 Å². The number of hydrogen-bond donors (Lipinski definition) is 1. The summed E-state index contributed by atoms with van der Waals surface area (Å²) in [7, 11) is 5.73. The van der Waals surface area contributed by atoms with E-state index in [1.54, 1.807) is 18.4 Å². The Bertz CT molecular complexity index is 433. The fourth-order valence-corrected chi connectivity index (χ4v) is 3.79. The minimum atomic E-state index is 0.619. The quantitative estimate of drug-likeness (QED) is 0.906. The minimum absolute atomic E-state index is 0.619. The zero-order valence-electron chi connectivity index (χ0n) is 13.3. The van der Waals surface area contributed by atoms with Gasteiger partial charge in [-0.3, -0.25) is 0 Å². The van der Waals surface area contributed by atoms with E-state index in [4.69, 9.17) is 4.74 Å². The molecule has 3 unspecified atom stereocenters. The predicted octanol–water partition coefficient (Wildman–Crippen LogP) is 3.13. The molecule has 114 valence electrons. The topological polar surface area (TPSA) is 37.4 Å². The van der Waals surface area contributed by atoms with Gasteiger partial charge in [-0.25, -0.2) is 0 Å². The molecule has 0 saturated heterocycles. The van der Waals surface area contributed by atoms with E-state index in [0.717, 1.165) is 29.4 Å². The van der Waals surface area contributed by atoms with Gasteiger partial charge in [-0.1, -0.05) is 38.0 Å². The van der Waals surface area contributed by atoms with E-state index in [-0.39, 0.29) is 0 Å². The molecule has 0 amide bonds. The maximum Gasteiger partial charge on any atom is 0.230 e. The highest BCUT2D eigenvalue weighted by molar-refractivity contribution is 7.15. The van der Waals surface area contributed by atoms with E-state index in [1.165, 1.54) is 24.1 Å². The minimum Gasteiger partial charge on any atom is -0.480 e. The Morgan fingerprint density at radius 2 is 2.10 bits per heavy atom. The molecule has 1 aliphatic rings. The smallest absolute Gasteiger partial charge is 0.230 e. The molecule has 1 N–H and O–H groups in total. The molecule has 1 saturated carbocycles. The highest BCUT2D eigenvalue weighted by atomic mass is 32.1. The first kappa shape index (κ1) is 15.6. The van der Waals surface area contributed by atoms with Gasteiger partial charge >= 0.3 is 0 Å². The lowest BCUT2D eigenvalue weighted by molar-refractivity contribution is 0.206. The number of anilines is 1. The molecule has 1 fully saturated rings. The van der Waals surface area contributed by atoms with Crippen molar-refractivity contribution in [1.29, 1.82) is 0 Å². The van der Waals surface area contributed by atoms with E-state index in [9.17, 15) is 0 Å². The second kappa shape index (κ2) is 6.76. The Morgan fingerprint density at radius 1 is 1.35 bits per heavy atom. The van der Waals surface area contributed by atoms with Crippen molar-refractivity contribution in [2.24, 2.45) is 11.8 Å². The molecule has 1 aliphatic carbocycles. The summed E-state index contributed by atoms with van der Waals surface area (Å²) in [4.78, 5) is 7.73. The van der Waals surface area contributed by atoms with Gasteiger partial charge in [0.05, 0.1) is 12.0 Å². The third-order valence-electron chi connectivity index (χ3n) is 4.46. The molecule has 0 radical (unpaired) electrons. The molecule has 5 heteroatoms. The van der Waals surface area contributed by atoms with Gasteiger partial charge in [0.15, 0.2) is 5.13 Å². The molecule has 4 nitrogen and oxygen atoms in total. The first-order chi connectivity index (χ1) is 9.52. The van der Waals surface area contributed by atoms with Gasteiger partial charge in [-0.15, -0.1) is 0 Å². The van der Waals surface area contributed by atoms with Crippen molar-refractivity contribution in [3.05, 3.63) is 4.88 Å². The first-order valence-corrected chi connectivity index (χ1v) is 8.29. The summed E-state index contributed by atoms with van der Waals surface area (Å²) in [6.07, 6.45) is 3.99. The number of rotatable bonds is 5. The molecule has 1 aromatic rings. The van der Waals surface area contributed by atoms with E-state index in [0.29, 0.717) is 6.04 Å². The van der Waals surface area contributed by atoms with E-state index in [2.05, 4.69) is 24.1 Å². The van der Waals surface area contributed by atoms with Crippen molar-refractivity contribution in [1.82, 2.24) is 10.3 Å². The van der Waals surface area contributed by atoms with Crippen LogP contribution in [0.1, 0.15) is 38.0 Å². The highest BCUT2D eigenvalue weighted by Gasteiger charge is 2.27. The summed E-state index contributed by atoms with van der Waals surface area (Å²) >= 11 is 1.71. The molecule has 0 aromatic carbocycles. The second-order valence-electron chi connectivity index (χ2n) is 6.08. The van der Waals surface area contributed by atoms with Crippen LogP contribution in [0.4, 0.5) is 5.13 Å². The Morgan fingerprint density at radius 3 is 2.75 bits per heavy atom. The largest absolute Gasteiger partial charge is 0.480 e. The van der Waals surface area contributed by atoms with Gasteiger partial charge in [0.25, 0.3) is 0 Å². The summed E-state index contributed by atoms with van der Waals surface area (Å²) in [5, 5.41) is 4.72. The van der Waals surface area contributed by atoms with Crippen molar-refractivity contribution < 1.29 is 4.74 Å². The summed E-state index contributed by atoms with van der Waals surface area (Å²) < 4.78 is 5.40. The molecule has 0 spiro atoms. The maximum atomic E-state index is 5.40. The van der Waals surface area contributed by atoms with Crippen LogP contribution in [0, 0.1) is 11.8 Å². The Hall–Kier alpha value is -0.810. The van der Waals surface area contributed by atoms with Crippen LogP contribution >= 0.6 is 11.3 Å². The average molecular weight is 297 g/mol. The number of nitrogens with one attached hydrogen (secondary N) is 1. The zero-order valence-corrected chi connectivity index (χ0v) is 14.1. The zero-order chi connectivity index (χ0) is 14.7. The lowest BCUT2D eigenvalue weighted by atomic mass is 9.78. The summed E-state index contributed by atoms with van der Waals surface area (Å²) in [5.41, 5.74) is 0. The second-order valence-corrected chi connectivity index (χ2v) is 7.14. The molecular formula is C15H27N3OS. The Balaban J connectivity index is 1.99. The van der Waals surface area contributed by atoms with Crippen molar-refractivity contribution in [2.75, 3.05) is 26.1 Å². The molecule has 1 aromatic heterocycles. The molecule has 2 rings (SSSR count). The number of nitrogens with zero attached hydrogens (tertiary/aromatic N) is 2. The van der Waals surface area contributed by atoms with Crippen LogP contribution in [0.15, 0.2) is 0 Å². The molecule has 3 atom stereocenters. The highest BCUT2D eigenvalue weighted by Crippen LogP contribution is 2.32. The first-order valence-electron chi connectivity index (χ1n) is 7.47. The van der Waals surface area contributed by atoms with E-state index < -0.39 is 0 Å². The molecule has 1 heterocycles. The van der Waals surface area contributed by atoms with Crippen LogP contribution in [-0.4, -0.2) is 32.2 Å². The predicted molar refractivity (Wildman–Crippen MR) is 85.8 cm³/mol. The SMILES string of the molecule is COc1nc(N(C)C)sc1CNC1CCCC(C)C1C. The Kier molecular flexibility index (Phi) is 5.27. The molecule has 0 aliphatic heterocycles. The number of aromatic nitrogens is 1. The number of hydrogen-bond acceptors (Lipinski definition) is 5. The standard InChI is InChI=1S/C15H27N3OS/c1-10-7-6-8-12(11(10)2)16-9-13-14(19-5)17-15(20-13)18(3)4/h10-12,16H,6-9H2,1-5H3. The van der Waals surface area contributed by atoms with Crippen LogP contribution in [0.2, 0.25) is 0 Å². The fourth-order valence-electron chi connectivity index (χ4n) is 2.88. The van der Waals surface area contributed by atoms with E-state index >= 15 is 0 Å². The van der Waals surface area contributed by atoms with Crippen LogP contribution in [0.25, 0.3) is 0 Å². The molecule has 0 bridgehead atoms. The van der Waals surface area contributed by atoms with Crippen LogP contribution in [0.5, 0.6) is 5.88 Å². The van der Waals surface area contributed by atoms with Gasteiger partial charge in [-0.2, -0.15) is 4.98 Å². The fraction of sp³-hybridized carbons (Fsp3) is 0.800. The van der Waals surface area contributed by atoms with Crippen LogP contribution in [-0.2, 0) is 6.54 Å². The summed E-state index contributed by atoms with van der Waals surface area (Å²) in [6, 6.07) is 0.619. The van der Waals surface area contributed by atoms with Gasteiger partial charge in [0.1, 0.15) is 0 Å². The van der Waals surface area contributed by atoms with Gasteiger partial charge < -0.3 is 15.0 Å². The van der Waals surface area contributed by atoms with E-state index in [1.807, 2.05) is 19.0 Å². The monoisotopic (exact) mass is 297 g/mol. The van der Waals surface area contributed by atoms with Gasteiger partial charge in [-0.05, 0) is 18.3 Å².